The van der Waals surface area contributed by atoms with E-state index >= 15 is 0 Å². The van der Waals surface area contributed by atoms with Crippen LogP contribution in [0.15, 0.2) is 17.2 Å². The SMILES string of the molecule is Cc1cc(NC(=O)c2c(C(F)(F)F)c(C3CC3)nn2CC2(C)CC(F)(F)C2)cc(S(C)(=N)=O)n1. The smallest absolute Gasteiger partial charge is 0.320 e. The molecule has 2 fully saturated rings. The highest BCUT2D eigenvalue weighted by atomic mass is 32.2. The van der Waals surface area contributed by atoms with E-state index in [4.69, 9.17) is 4.78 Å². The monoisotopic (exact) mass is 505 g/mol. The highest BCUT2D eigenvalue weighted by Gasteiger charge is 2.55. The third-order valence-corrected chi connectivity index (χ3v) is 6.94. The number of alkyl halides is 5. The molecule has 0 aliphatic heterocycles. The number of carbonyl (C=O) groups is 1. The van der Waals surface area contributed by atoms with E-state index in [9.17, 15) is 31.0 Å². The number of hydrogen-bond acceptors (Lipinski definition) is 5. The molecule has 0 aromatic carbocycles. The fourth-order valence-electron chi connectivity index (χ4n) is 4.52. The van der Waals surface area contributed by atoms with E-state index in [1.165, 1.54) is 26.0 Å². The zero-order chi connectivity index (χ0) is 25.3. The summed E-state index contributed by atoms with van der Waals surface area (Å²) in [7, 11) is -3.25. The van der Waals surface area contributed by atoms with Gasteiger partial charge in [-0.3, -0.25) is 9.48 Å². The predicted molar refractivity (Wildman–Crippen MR) is 113 cm³/mol. The van der Waals surface area contributed by atoms with Crippen LogP contribution >= 0.6 is 0 Å². The average molecular weight is 506 g/mol. The van der Waals surface area contributed by atoms with Gasteiger partial charge in [0.15, 0.2) is 0 Å². The molecule has 0 radical (unpaired) electrons. The first-order chi connectivity index (χ1) is 15.5. The highest BCUT2D eigenvalue weighted by molar-refractivity contribution is 7.91. The van der Waals surface area contributed by atoms with Crippen LogP contribution in [-0.2, 0) is 22.5 Å². The molecule has 4 rings (SSSR count). The van der Waals surface area contributed by atoms with Gasteiger partial charge >= 0.3 is 6.18 Å². The molecule has 2 heterocycles. The molecule has 0 spiro atoms. The number of rotatable bonds is 6. The van der Waals surface area contributed by atoms with E-state index in [1.807, 2.05) is 0 Å². The Morgan fingerprint density at radius 2 is 1.91 bits per heavy atom. The van der Waals surface area contributed by atoms with Gasteiger partial charge in [-0.15, -0.1) is 0 Å². The Morgan fingerprint density at radius 1 is 1.29 bits per heavy atom. The molecule has 2 aliphatic carbocycles. The normalized spacial score (nSPS) is 20.9. The van der Waals surface area contributed by atoms with Gasteiger partial charge in [-0.25, -0.2) is 22.8 Å². The zero-order valence-corrected chi connectivity index (χ0v) is 19.5. The Labute approximate surface area is 193 Å². The number of nitrogens with zero attached hydrogens (tertiary/aromatic N) is 3. The Kier molecular flexibility index (Phi) is 5.57. The largest absolute Gasteiger partial charge is 0.420 e. The van der Waals surface area contributed by atoms with Crippen LogP contribution in [0.25, 0.3) is 0 Å². The predicted octanol–water partition coefficient (Wildman–Crippen LogP) is 5.21. The number of nitrogens with one attached hydrogen (secondary N) is 2. The molecule has 1 atom stereocenters. The van der Waals surface area contributed by atoms with Crippen LogP contribution < -0.4 is 5.32 Å². The summed E-state index contributed by atoms with van der Waals surface area (Å²) in [6, 6.07) is 2.54. The molecule has 0 saturated heterocycles. The number of amides is 1. The number of aromatic nitrogens is 3. The lowest BCUT2D eigenvalue weighted by atomic mass is 9.67. The van der Waals surface area contributed by atoms with Gasteiger partial charge in [0.1, 0.15) is 16.3 Å². The van der Waals surface area contributed by atoms with Crippen LogP contribution in [0.1, 0.15) is 66.0 Å². The van der Waals surface area contributed by atoms with Gasteiger partial charge in [-0.1, -0.05) is 6.92 Å². The number of hydrogen-bond donors (Lipinski definition) is 2. The summed E-state index contributed by atoms with van der Waals surface area (Å²) in [6.45, 7) is 2.79. The van der Waals surface area contributed by atoms with E-state index in [2.05, 4.69) is 15.4 Å². The first-order valence-corrected chi connectivity index (χ1v) is 12.5. The molecule has 1 amide bonds. The fourth-order valence-corrected chi connectivity index (χ4v) is 5.19. The third kappa shape index (κ3) is 4.93. The lowest BCUT2D eigenvalue weighted by molar-refractivity contribution is -0.160. The Morgan fingerprint density at radius 3 is 2.41 bits per heavy atom. The van der Waals surface area contributed by atoms with E-state index < -0.39 is 63.2 Å². The van der Waals surface area contributed by atoms with Crippen LogP contribution in [-0.4, -0.2) is 37.1 Å². The van der Waals surface area contributed by atoms with E-state index in [-0.39, 0.29) is 23.0 Å². The number of aryl methyl sites for hydroxylation is 1. The fraction of sp³-hybridized carbons (Fsp3) is 0.571. The lowest BCUT2D eigenvalue weighted by Crippen LogP contribution is -2.47. The summed E-state index contributed by atoms with van der Waals surface area (Å²) in [5.41, 5.74) is -2.83. The summed E-state index contributed by atoms with van der Waals surface area (Å²) >= 11 is 0. The second-order valence-corrected chi connectivity index (χ2v) is 11.8. The van der Waals surface area contributed by atoms with Crippen LogP contribution in [0.4, 0.5) is 27.6 Å². The number of halogens is 5. The second-order valence-electron chi connectivity index (χ2n) is 9.69. The van der Waals surface area contributed by atoms with Crippen LogP contribution in [0.2, 0.25) is 0 Å². The highest BCUT2D eigenvalue weighted by Crippen LogP contribution is 2.53. The minimum Gasteiger partial charge on any atom is -0.320 e. The van der Waals surface area contributed by atoms with Crippen molar-refractivity contribution in [3.05, 3.63) is 34.8 Å². The number of pyridine rings is 1. The second kappa shape index (κ2) is 7.72. The van der Waals surface area contributed by atoms with Gasteiger partial charge in [-0.05, 0) is 37.3 Å². The van der Waals surface area contributed by atoms with Crippen molar-refractivity contribution < 1.29 is 31.0 Å². The summed E-state index contributed by atoms with van der Waals surface area (Å²) in [6.07, 6.45) is -3.78. The van der Waals surface area contributed by atoms with Crippen molar-refractivity contribution >= 4 is 21.3 Å². The van der Waals surface area contributed by atoms with Gasteiger partial charge in [0.05, 0.1) is 15.4 Å². The number of anilines is 1. The average Bonchev–Trinajstić information content (AvgIpc) is 3.39. The first-order valence-electron chi connectivity index (χ1n) is 10.6. The number of carbonyl (C=O) groups excluding carboxylic acids is 1. The molecular formula is C21H24F5N5O2S. The molecule has 7 nitrogen and oxygen atoms in total. The quantitative estimate of drug-likeness (QED) is 0.527. The van der Waals surface area contributed by atoms with E-state index in [0.29, 0.717) is 18.5 Å². The van der Waals surface area contributed by atoms with Crippen molar-refractivity contribution in [2.45, 2.75) is 69.1 Å². The molecule has 2 aromatic rings. The van der Waals surface area contributed by atoms with Crippen molar-refractivity contribution in [3.63, 3.8) is 0 Å². The van der Waals surface area contributed by atoms with Crippen molar-refractivity contribution in [3.8, 4) is 0 Å². The van der Waals surface area contributed by atoms with Crippen LogP contribution in [0.3, 0.4) is 0 Å². The first kappa shape index (κ1) is 24.6. The standard InChI is InChI=1S/C21H24F5N5O2S/c1-11-6-13(7-14(28-11)34(3,27)33)29-18(32)17-15(21(24,25)26)16(12-4-5-12)30-31(17)10-19(2)8-20(22,23)9-19/h6-7,12,27H,4-5,8-10H2,1-3H3,(H,28,29,32). The molecule has 2 aromatic heterocycles. The van der Waals surface area contributed by atoms with Gasteiger partial charge in [0.2, 0.25) is 5.92 Å². The summed E-state index contributed by atoms with van der Waals surface area (Å²) < 4.78 is 90.1. The molecule has 186 valence electrons. The Bertz CT molecular complexity index is 1260. The molecule has 2 saturated carbocycles. The van der Waals surface area contributed by atoms with Gasteiger partial charge in [0.25, 0.3) is 5.91 Å². The molecule has 1 unspecified atom stereocenters. The maximum Gasteiger partial charge on any atom is 0.420 e. The van der Waals surface area contributed by atoms with Gasteiger partial charge in [-0.2, -0.15) is 18.3 Å². The molecule has 2 aliphatic rings. The third-order valence-electron chi connectivity index (χ3n) is 5.93. The summed E-state index contributed by atoms with van der Waals surface area (Å²) in [5.74, 6) is -4.46. The minimum atomic E-state index is -4.88. The summed E-state index contributed by atoms with van der Waals surface area (Å²) in [5, 5.41) is 6.34. The molecule has 2 N–H and O–H groups in total. The van der Waals surface area contributed by atoms with Crippen molar-refractivity contribution in [1.29, 1.82) is 4.78 Å². The van der Waals surface area contributed by atoms with Crippen molar-refractivity contribution in [2.75, 3.05) is 11.6 Å². The molecular weight excluding hydrogens is 481 g/mol. The summed E-state index contributed by atoms with van der Waals surface area (Å²) in [4.78, 5) is 17.2. The van der Waals surface area contributed by atoms with Crippen LogP contribution in [0, 0.1) is 17.1 Å². The van der Waals surface area contributed by atoms with Gasteiger partial charge < -0.3 is 5.32 Å². The topological polar surface area (TPSA) is 101 Å². The van der Waals surface area contributed by atoms with E-state index in [1.54, 1.807) is 0 Å². The molecule has 34 heavy (non-hydrogen) atoms. The minimum absolute atomic E-state index is 0.0181. The Balaban J connectivity index is 1.76. The van der Waals surface area contributed by atoms with Crippen molar-refractivity contribution in [1.82, 2.24) is 14.8 Å². The zero-order valence-electron chi connectivity index (χ0n) is 18.7. The van der Waals surface area contributed by atoms with Crippen LogP contribution in [0.5, 0.6) is 0 Å². The maximum atomic E-state index is 14.1. The molecule has 13 heteroatoms. The Hall–Kier alpha value is -2.57. The lowest BCUT2D eigenvalue weighted by Gasteiger charge is -2.44. The molecule has 0 bridgehead atoms. The van der Waals surface area contributed by atoms with Gasteiger partial charge in [0, 0.05) is 42.9 Å². The maximum absolute atomic E-state index is 14.1. The van der Waals surface area contributed by atoms with Crippen molar-refractivity contribution in [2.24, 2.45) is 5.41 Å². The van der Waals surface area contributed by atoms with E-state index in [0.717, 1.165) is 10.9 Å².